The van der Waals surface area contributed by atoms with Gasteiger partial charge in [0.15, 0.2) is 5.96 Å². The van der Waals surface area contributed by atoms with Crippen molar-refractivity contribution in [2.75, 3.05) is 33.4 Å². The van der Waals surface area contributed by atoms with E-state index in [1.807, 2.05) is 0 Å². The fourth-order valence-electron chi connectivity index (χ4n) is 2.35. The molecule has 0 amide bonds. The third-order valence-electron chi connectivity index (χ3n) is 3.77. The van der Waals surface area contributed by atoms with Gasteiger partial charge in [-0.3, -0.25) is 4.99 Å². The number of nitrogens with one attached hydrogen (secondary N) is 2. The molecule has 124 valence electrons. The molecule has 1 aromatic carbocycles. The molecule has 6 heteroatoms. The number of nitrogens with zero attached hydrogens (tertiary/aromatic N) is 1. The Kier molecular flexibility index (Phi) is 8.71. The van der Waals surface area contributed by atoms with Crippen molar-refractivity contribution < 1.29 is 4.74 Å². The second-order valence-electron chi connectivity index (χ2n) is 5.41. The van der Waals surface area contributed by atoms with Gasteiger partial charge in [-0.05, 0) is 37.5 Å². The van der Waals surface area contributed by atoms with Gasteiger partial charge >= 0.3 is 0 Å². The van der Waals surface area contributed by atoms with Crippen LogP contribution in [0, 0.1) is 0 Å². The van der Waals surface area contributed by atoms with Crippen LogP contribution < -0.4 is 10.6 Å². The summed E-state index contributed by atoms with van der Waals surface area (Å²) in [7, 11) is 1.71. The Labute approximate surface area is 158 Å². The molecule has 0 heterocycles. The first-order valence-corrected chi connectivity index (χ1v) is 8.26. The van der Waals surface area contributed by atoms with Crippen LogP contribution in [0.2, 0.25) is 0 Å². The van der Waals surface area contributed by atoms with Crippen LogP contribution in [0.25, 0.3) is 0 Å². The van der Waals surface area contributed by atoms with Crippen molar-refractivity contribution in [3.8, 4) is 0 Å². The highest BCUT2D eigenvalue weighted by Crippen LogP contribution is 2.48. The van der Waals surface area contributed by atoms with E-state index in [0.29, 0.717) is 6.61 Å². The number of methoxy groups -OCH3 is 1. The van der Waals surface area contributed by atoms with Gasteiger partial charge in [0.2, 0.25) is 0 Å². The highest BCUT2D eigenvalue weighted by Gasteiger charge is 2.44. The Morgan fingerprint density at radius 1 is 1.36 bits per heavy atom. The van der Waals surface area contributed by atoms with E-state index in [-0.39, 0.29) is 29.4 Å². The fraction of sp³-hybridized carbons (Fsp3) is 0.562. The van der Waals surface area contributed by atoms with E-state index in [0.717, 1.165) is 30.1 Å². The zero-order chi connectivity index (χ0) is 15.1. The van der Waals surface area contributed by atoms with E-state index < -0.39 is 0 Å². The second kappa shape index (κ2) is 9.72. The van der Waals surface area contributed by atoms with Crippen LogP contribution >= 0.6 is 39.9 Å². The molecular weight excluding hydrogens is 457 g/mol. The lowest BCUT2D eigenvalue weighted by atomic mass is 9.96. The van der Waals surface area contributed by atoms with Gasteiger partial charge in [-0.2, -0.15) is 0 Å². The third kappa shape index (κ3) is 5.70. The van der Waals surface area contributed by atoms with Gasteiger partial charge in [0, 0.05) is 30.1 Å². The Morgan fingerprint density at radius 3 is 2.73 bits per heavy atom. The minimum absolute atomic E-state index is 0. The van der Waals surface area contributed by atoms with Crippen molar-refractivity contribution in [2.45, 2.75) is 25.2 Å². The fourth-order valence-corrected chi connectivity index (χ4v) is 2.75. The second-order valence-corrected chi connectivity index (χ2v) is 6.32. The zero-order valence-corrected chi connectivity index (χ0v) is 17.1. The number of halogens is 2. The number of hydrogen-bond donors (Lipinski definition) is 2. The molecule has 1 fully saturated rings. The summed E-state index contributed by atoms with van der Waals surface area (Å²) >= 11 is 3.56. The molecule has 0 bridgehead atoms. The van der Waals surface area contributed by atoms with E-state index in [4.69, 9.17) is 9.73 Å². The van der Waals surface area contributed by atoms with Crippen LogP contribution in [0.5, 0.6) is 0 Å². The molecule has 22 heavy (non-hydrogen) atoms. The largest absolute Gasteiger partial charge is 0.383 e. The van der Waals surface area contributed by atoms with E-state index >= 15 is 0 Å². The van der Waals surface area contributed by atoms with E-state index in [1.54, 1.807) is 7.11 Å². The average molecular weight is 482 g/mol. The lowest BCUT2D eigenvalue weighted by molar-refractivity contribution is 0.203. The molecule has 0 radical (unpaired) electrons. The normalized spacial score (nSPS) is 15.9. The van der Waals surface area contributed by atoms with Gasteiger partial charge in [0.25, 0.3) is 0 Å². The maximum Gasteiger partial charge on any atom is 0.191 e. The number of guanidine groups is 1. The molecule has 2 rings (SSSR count). The lowest BCUT2D eigenvalue weighted by Crippen LogP contribution is -2.39. The Hall–Kier alpha value is -0.340. The molecule has 0 unspecified atom stereocenters. The van der Waals surface area contributed by atoms with Crippen molar-refractivity contribution in [2.24, 2.45) is 4.99 Å². The molecule has 0 spiro atoms. The zero-order valence-electron chi connectivity index (χ0n) is 13.2. The number of ether oxygens (including phenoxy) is 1. The van der Waals surface area contributed by atoms with Crippen LogP contribution in [0.3, 0.4) is 0 Å². The van der Waals surface area contributed by atoms with Crippen LogP contribution in [0.1, 0.15) is 25.3 Å². The summed E-state index contributed by atoms with van der Waals surface area (Å²) in [6.07, 6.45) is 2.43. The summed E-state index contributed by atoms with van der Waals surface area (Å²) in [5, 5.41) is 6.57. The van der Waals surface area contributed by atoms with E-state index in [1.165, 1.54) is 18.4 Å². The first kappa shape index (κ1) is 19.7. The van der Waals surface area contributed by atoms with Crippen LogP contribution in [0.15, 0.2) is 33.7 Å². The topological polar surface area (TPSA) is 45.7 Å². The van der Waals surface area contributed by atoms with E-state index in [9.17, 15) is 0 Å². The Balaban J connectivity index is 0.00000242. The maximum absolute atomic E-state index is 5.06. The summed E-state index contributed by atoms with van der Waals surface area (Å²) in [5.41, 5.74) is 1.61. The molecule has 0 saturated heterocycles. The van der Waals surface area contributed by atoms with Crippen molar-refractivity contribution in [3.05, 3.63) is 34.3 Å². The predicted molar refractivity (Wildman–Crippen MR) is 106 cm³/mol. The predicted octanol–water partition coefficient (Wildman–Crippen LogP) is 3.30. The summed E-state index contributed by atoms with van der Waals surface area (Å²) in [6, 6.07) is 8.59. The molecule has 2 N–H and O–H groups in total. The number of aliphatic imine (C=N–C) groups is 1. The molecule has 1 saturated carbocycles. The molecular formula is C16H25BrIN3O. The average Bonchev–Trinajstić information content (AvgIpc) is 3.26. The van der Waals surface area contributed by atoms with Crippen molar-refractivity contribution in [1.82, 2.24) is 10.6 Å². The molecule has 0 aromatic heterocycles. The highest BCUT2D eigenvalue weighted by atomic mass is 127. The maximum atomic E-state index is 5.06. The standard InChI is InChI=1S/C16H24BrN3O.HI/c1-3-18-15(19-9-10-21-2)20-12-16(7-8-16)13-5-4-6-14(17)11-13;/h4-6,11H,3,7-10,12H2,1-2H3,(H2,18,19,20);1H. The number of hydrogen-bond acceptors (Lipinski definition) is 2. The lowest BCUT2D eigenvalue weighted by Gasteiger charge is -2.16. The summed E-state index contributed by atoms with van der Waals surface area (Å²) in [4.78, 5) is 4.75. The van der Waals surface area contributed by atoms with Crippen LogP contribution in [-0.2, 0) is 10.2 Å². The highest BCUT2D eigenvalue weighted by molar-refractivity contribution is 14.0. The van der Waals surface area contributed by atoms with Gasteiger partial charge in [0.05, 0.1) is 13.2 Å². The first-order valence-electron chi connectivity index (χ1n) is 7.47. The molecule has 1 aliphatic rings. The summed E-state index contributed by atoms with van der Waals surface area (Å²) < 4.78 is 6.20. The molecule has 0 aliphatic heterocycles. The number of benzene rings is 1. The van der Waals surface area contributed by atoms with Crippen molar-refractivity contribution >= 4 is 45.9 Å². The summed E-state index contributed by atoms with van der Waals surface area (Å²) in [5.74, 6) is 0.871. The Bertz CT molecular complexity index is 492. The van der Waals surface area contributed by atoms with Crippen LogP contribution in [-0.4, -0.2) is 39.3 Å². The first-order chi connectivity index (χ1) is 10.2. The molecule has 4 nitrogen and oxygen atoms in total. The van der Waals surface area contributed by atoms with Gasteiger partial charge in [-0.1, -0.05) is 28.1 Å². The van der Waals surface area contributed by atoms with Crippen LogP contribution in [0.4, 0.5) is 0 Å². The quantitative estimate of drug-likeness (QED) is 0.272. The number of rotatable bonds is 7. The van der Waals surface area contributed by atoms with Gasteiger partial charge < -0.3 is 15.4 Å². The molecule has 1 aromatic rings. The summed E-state index contributed by atoms with van der Waals surface area (Å²) in [6.45, 7) is 5.22. The van der Waals surface area contributed by atoms with Gasteiger partial charge in [-0.15, -0.1) is 24.0 Å². The smallest absolute Gasteiger partial charge is 0.191 e. The monoisotopic (exact) mass is 481 g/mol. The van der Waals surface area contributed by atoms with Crippen molar-refractivity contribution in [3.63, 3.8) is 0 Å². The minimum Gasteiger partial charge on any atom is -0.383 e. The van der Waals surface area contributed by atoms with Crippen molar-refractivity contribution in [1.29, 1.82) is 0 Å². The van der Waals surface area contributed by atoms with Gasteiger partial charge in [-0.25, -0.2) is 0 Å². The Morgan fingerprint density at radius 2 is 2.14 bits per heavy atom. The van der Waals surface area contributed by atoms with E-state index in [2.05, 4.69) is 57.8 Å². The van der Waals surface area contributed by atoms with Gasteiger partial charge in [0.1, 0.15) is 0 Å². The SMILES string of the molecule is CCNC(=NCC1(c2cccc(Br)c2)CC1)NCCOC.I. The minimum atomic E-state index is 0. The molecule has 1 aliphatic carbocycles. The third-order valence-corrected chi connectivity index (χ3v) is 4.27. The molecule has 0 atom stereocenters.